The highest BCUT2D eigenvalue weighted by Gasteiger charge is 2.10. The van der Waals surface area contributed by atoms with Crippen molar-refractivity contribution in [1.29, 1.82) is 0 Å². The Morgan fingerprint density at radius 3 is 2.88 bits per heavy atom. The summed E-state index contributed by atoms with van der Waals surface area (Å²) < 4.78 is 0. The summed E-state index contributed by atoms with van der Waals surface area (Å²) in [5, 5.41) is 11.9. The van der Waals surface area contributed by atoms with Gasteiger partial charge in [-0.25, -0.2) is 0 Å². The van der Waals surface area contributed by atoms with Crippen molar-refractivity contribution >= 4 is 12.1 Å². The molecule has 1 amide bonds. The topological polar surface area (TPSA) is 81.1 Å². The number of carbonyl (C=O) groups is 1. The van der Waals surface area contributed by atoms with Crippen molar-refractivity contribution in [2.24, 2.45) is 4.99 Å². The zero-order valence-electron chi connectivity index (χ0n) is 15.6. The molecule has 0 aliphatic rings. The van der Waals surface area contributed by atoms with E-state index in [1.165, 1.54) is 0 Å². The first kappa shape index (κ1) is 21.2. The maximum absolute atomic E-state index is 12.3. The molecule has 0 saturated heterocycles. The lowest BCUT2D eigenvalue weighted by Crippen LogP contribution is -2.39. The summed E-state index contributed by atoms with van der Waals surface area (Å²) in [6, 6.07) is 3.78. The van der Waals surface area contributed by atoms with Gasteiger partial charge in [-0.2, -0.15) is 0 Å². The summed E-state index contributed by atoms with van der Waals surface area (Å²) in [5.74, 6) is 0.113. The quantitative estimate of drug-likeness (QED) is 0.533. The molecule has 7 heteroatoms. The summed E-state index contributed by atoms with van der Waals surface area (Å²) in [5.41, 5.74) is 1.79. The zero-order chi connectivity index (χ0) is 18.5. The fraction of sp³-hybridized carbons (Fsp3) is 0.611. The maximum atomic E-state index is 12.3. The van der Waals surface area contributed by atoms with E-state index in [1.807, 2.05) is 38.1 Å². The molecule has 0 aromatic carbocycles. The van der Waals surface area contributed by atoms with Gasteiger partial charge >= 0.3 is 0 Å². The van der Waals surface area contributed by atoms with Crippen molar-refractivity contribution in [3.05, 3.63) is 29.6 Å². The molecule has 0 fully saturated rings. The highest BCUT2D eigenvalue weighted by Crippen LogP contribution is 2.00. The van der Waals surface area contributed by atoms with Gasteiger partial charge in [0.2, 0.25) is 5.91 Å². The molecular weight excluding hydrogens is 318 g/mol. The fourth-order valence-electron chi connectivity index (χ4n) is 2.35. The van der Waals surface area contributed by atoms with Gasteiger partial charge in [0.15, 0.2) is 0 Å². The molecule has 2 N–H and O–H groups in total. The van der Waals surface area contributed by atoms with Crippen LogP contribution in [0.15, 0.2) is 23.3 Å². The van der Waals surface area contributed by atoms with E-state index in [0.717, 1.165) is 37.3 Å². The van der Waals surface area contributed by atoms with E-state index in [2.05, 4.69) is 20.2 Å². The Kier molecular flexibility index (Phi) is 10.6. The molecule has 0 radical (unpaired) electrons. The minimum Gasteiger partial charge on any atom is -0.394 e. The van der Waals surface area contributed by atoms with Crippen LogP contribution in [0.4, 0.5) is 0 Å². The Morgan fingerprint density at radius 2 is 2.20 bits per heavy atom. The average Bonchev–Trinajstić information content (AvgIpc) is 2.59. The SMILES string of the molecule is CCN(CCCN(C)C)C(=O)CNCc1cc(C=NCCO)ccn1. The van der Waals surface area contributed by atoms with Crippen molar-refractivity contribution in [1.82, 2.24) is 20.1 Å². The number of likely N-dealkylation sites (N-methyl/N-ethyl adjacent to an activating group) is 1. The monoisotopic (exact) mass is 349 g/mol. The van der Waals surface area contributed by atoms with Crippen LogP contribution in [0.5, 0.6) is 0 Å². The molecule has 0 spiro atoms. The lowest BCUT2D eigenvalue weighted by Gasteiger charge is -2.22. The van der Waals surface area contributed by atoms with E-state index in [9.17, 15) is 4.79 Å². The summed E-state index contributed by atoms with van der Waals surface area (Å²) in [6.45, 7) is 5.76. The summed E-state index contributed by atoms with van der Waals surface area (Å²) >= 11 is 0. The number of aliphatic hydroxyl groups is 1. The van der Waals surface area contributed by atoms with Crippen LogP contribution in [-0.4, -0.2) is 85.4 Å². The Hall–Kier alpha value is -1.83. The first-order valence-electron chi connectivity index (χ1n) is 8.75. The normalized spacial score (nSPS) is 11.4. The molecule has 0 bridgehead atoms. The Bertz CT molecular complexity index is 534. The van der Waals surface area contributed by atoms with Crippen LogP contribution in [0.3, 0.4) is 0 Å². The lowest BCUT2D eigenvalue weighted by molar-refractivity contribution is -0.130. The first-order valence-corrected chi connectivity index (χ1v) is 8.75. The molecule has 0 saturated carbocycles. The number of carbonyl (C=O) groups excluding carboxylic acids is 1. The Labute approximate surface area is 150 Å². The van der Waals surface area contributed by atoms with Crippen LogP contribution in [-0.2, 0) is 11.3 Å². The summed E-state index contributed by atoms with van der Waals surface area (Å²) in [7, 11) is 4.07. The van der Waals surface area contributed by atoms with Crippen LogP contribution in [0.1, 0.15) is 24.6 Å². The molecule has 140 valence electrons. The fourth-order valence-corrected chi connectivity index (χ4v) is 2.35. The van der Waals surface area contributed by atoms with Gasteiger partial charge in [0.05, 0.1) is 25.4 Å². The van der Waals surface area contributed by atoms with Crippen molar-refractivity contribution in [2.75, 3.05) is 53.4 Å². The van der Waals surface area contributed by atoms with Gasteiger partial charge in [-0.05, 0) is 51.7 Å². The first-order chi connectivity index (χ1) is 12.1. The predicted molar refractivity (Wildman–Crippen MR) is 101 cm³/mol. The third kappa shape index (κ3) is 9.28. The zero-order valence-corrected chi connectivity index (χ0v) is 15.6. The number of nitrogens with zero attached hydrogens (tertiary/aromatic N) is 4. The van der Waals surface area contributed by atoms with Crippen LogP contribution in [0.2, 0.25) is 0 Å². The van der Waals surface area contributed by atoms with E-state index >= 15 is 0 Å². The van der Waals surface area contributed by atoms with Crippen molar-refractivity contribution < 1.29 is 9.90 Å². The number of nitrogens with one attached hydrogen (secondary N) is 1. The second-order valence-corrected chi connectivity index (χ2v) is 6.07. The van der Waals surface area contributed by atoms with Gasteiger partial charge in [-0.15, -0.1) is 0 Å². The van der Waals surface area contributed by atoms with E-state index in [4.69, 9.17) is 5.11 Å². The second kappa shape index (κ2) is 12.5. The van der Waals surface area contributed by atoms with E-state index in [1.54, 1.807) is 12.4 Å². The number of pyridine rings is 1. The van der Waals surface area contributed by atoms with E-state index in [-0.39, 0.29) is 12.5 Å². The van der Waals surface area contributed by atoms with Crippen molar-refractivity contribution in [3.8, 4) is 0 Å². The predicted octanol–water partition coefficient (Wildman–Crippen LogP) is 0.383. The van der Waals surface area contributed by atoms with Crippen LogP contribution in [0, 0.1) is 0 Å². The van der Waals surface area contributed by atoms with Gasteiger partial charge in [0, 0.05) is 32.0 Å². The largest absolute Gasteiger partial charge is 0.394 e. The minimum atomic E-state index is 0.0422. The van der Waals surface area contributed by atoms with Gasteiger partial charge in [-0.3, -0.25) is 14.8 Å². The minimum absolute atomic E-state index is 0.0422. The van der Waals surface area contributed by atoms with Crippen molar-refractivity contribution in [2.45, 2.75) is 19.9 Å². The molecular formula is C18H31N5O2. The Morgan fingerprint density at radius 1 is 1.40 bits per heavy atom. The molecule has 1 aromatic rings. The standard InChI is InChI=1S/C18H31N5O2/c1-4-23(10-5-9-22(2)3)18(25)15-20-14-17-12-16(6-7-21-17)13-19-8-11-24/h6-7,12-13,20,24H,4-5,8-11,14-15H2,1-3H3. The molecule has 0 aliphatic carbocycles. The number of rotatable bonds is 12. The summed E-state index contributed by atoms with van der Waals surface area (Å²) in [4.78, 5) is 24.7. The van der Waals surface area contributed by atoms with Gasteiger partial charge in [-0.1, -0.05) is 0 Å². The van der Waals surface area contributed by atoms with Crippen LogP contribution >= 0.6 is 0 Å². The third-order valence-corrected chi connectivity index (χ3v) is 3.66. The molecule has 7 nitrogen and oxygen atoms in total. The lowest BCUT2D eigenvalue weighted by atomic mass is 10.2. The maximum Gasteiger partial charge on any atom is 0.236 e. The summed E-state index contributed by atoms with van der Waals surface area (Å²) in [6.07, 6.45) is 4.41. The molecule has 1 heterocycles. The number of hydrogen-bond donors (Lipinski definition) is 2. The van der Waals surface area contributed by atoms with Crippen molar-refractivity contribution in [3.63, 3.8) is 0 Å². The highest BCUT2D eigenvalue weighted by atomic mass is 16.3. The number of aromatic nitrogens is 1. The number of aliphatic imine (C=N–C) groups is 1. The molecule has 0 unspecified atom stereocenters. The second-order valence-electron chi connectivity index (χ2n) is 6.07. The van der Waals surface area contributed by atoms with E-state index in [0.29, 0.717) is 19.6 Å². The molecule has 1 aromatic heterocycles. The van der Waals surface area contributed by atoms with Crippen LogP contribution in [0.25, 0.3) is 0 Å². The van der Waals surface area contributed by atoms with Crippen LogP contribution < -0.4 is 5.32 Å². The number of aliphatic hydroxyl groups excluding tert-OH is 1. The van der Waals surface area contributed by atoms with E-state index < -0.39 is 0 Å². The van der Waals surface area contributed by atoms with Gasteiger partial charge < -0.3 is 20.2 Å². The molecule has 0 atom stereocenters. The molecule has 1 rings (SSSR count). The smallest absolute Gasteiger partial charge is 0.236 e. The highest BCUT2D eigenvalue weighted by molar-refractivity contribution is 5.79. The third-order valence-electron chi connectivity index (χ3n) is 3.66. The average molecular weight is 349 g/mol. The number of hydrogen-bond acceptors (Lipinski definition) is 6. The molecule has 0 aliphatic heterocycles. The Balaban J connectivity index is 2.39. The number of amides is 1. The molecule has 25 heavy (non-hydrogen) atoms. The van der Waals surface area contributed by atoms with Gasteiger partial charge in [0.1, 0.15) is 0 Å². The van der Waals surface area contributed by atoms with Gasteiger partial charge in [0.25, 0.3) is 0 Å².